The molecule has 0 bridgehead atoms. The summed E-state index contributed by atoms with van der Waals surface area (Å²) in [6, 6.07) is 0.0924. The van der Waals surface area contributed by atoms with E-state index in [0.717, 1.165) is 0 Å². The second-order valence-electron chi connectivity index (χ2n) is 4.46. The van der Waals surface area contributed by atoms with E-state index in [1.54, 1.807) is 4.90 Å². The third kappa shape index (κ3) is 3.95. The van der Waals surface area contributed by atoms with Crippen LogP contribution in [0.2, 0.25) is 0 Å². The molecule has 0 atom stereocenters. The first-order valence-corrected chi connectivity index (χ1v) is 6.43. The van der Waals surface area contributed by atoms with Gasteiger partial charge in [0.25, 0.3) is 0 Å². The van der Waals surface area contributed by atoms with Crippen LogP contribution in [0, 0.1) is 0 Å². The molecule has 0 aliphatic heterocycles. The summed E-state index contributed by atoms with van der Waals surface area (Å²) >= 11 is 0. The van der Waals surface area contributed by atoms with Crippen molar-refractivity contribution in [2.24, 2.45) is 5.84 Å². The molecule has 0 aromatic carbocycles. The van der Waals surface area contributed by atoms with Crippen LogP contribution in [0.1, 0.15) is 20.8 Å². The molecule has 0 fully saturated rings. The molecule has 1 aromatic rings. The highest BCUT2D eigenvalue weighted by molar-refractivity contribution is 5.82. The van der Waals surface area contributed by atoms with Gasteiger partial charge in [0, 0.05) is 12.6 Å². The van der Waals surface area contributed by atoms with Gasteiger partial charge in [-0.25, -0.2) is 15.8 Å². The molecular weight excluding hydrogens is 260 g/mol. The number of anilines is 2. The van der Waals surface area contributed by atoms with E-state index >= 15 is 0 Å². The molecule has 4 N–H and O–H groups in total. The summed E-state index contributed by atoms with van der Waals surface area (Å²) in [5, 5.41) is 2.84. The number of nitrogens with zero attached hydrogens (tertiary/aromatic N) is 3. The lowest BCUT2D eigenvalue weighted by Crippen LogP contribution is -2.40. The molecule has 20 heavy (non-hydrogen) atoms. The fourth-order valence-electron chi connectivity index (χ4n) is 1.76. The maximum Gasteiger partial charge on any atom is 0.239 e. The van der Waals surface area contributed by atoms with Crippen molar-refractivity contribution in [1.29, 1.82) is 0 Å². The van der Waals surface area contributed by atoms with Gasteiger partial charge in [-0.2, -0.15) is 0 Å². The Morgan fingerprint density at radius 1 is 1.50 bits per heavy atom. The van der Waals surface area contributed by atoms with Crippen molar-refractivity contribution in [1.82, 2.24) is 15.3 Å². The van der Waals surface area contributed by atoms with Crippen molar-refractivity contribution in [3.05, 3.63) is 6.33 Å². The Balaban J connectivity index is 2.97. The highest BCUT2D eigenvalue weighted by atomic mass is 16.5. The number of rotatable bonds is 7. The number of hydrazine groups is 1. The van der Waals surface area contributed by atoms with Crippen LogP contribution in [0.3, 0.4) is 0 Å². The van der Waals surface area contributed by atoms with E-state index < -0.39 is 0 Å². The summed E-state index contributed by atoms with van der Waals surface area (Å²) in [5.41, 5.74) is 2.45. The van der Waals surface area contributed by atoms with Crippen LogP contribution >= 0.6 is 0 Å². The van der Waals surface area contributed by atoms with Crippen LogP contribution in [-0.4, -0.2) is 42.1 Å². The number of amides is 1. The number of nitrogen functional groups attached to an aromatic ring is 1. The molecule has 0 spiro atoms. The van der Waals surface area contributed by atoms with Crippen LogP contribution in [0.25, 0.3) is 0 Å². The van der Waals surface area contributed by atoms with E-state index in [1.165, 1.54) is 13.4 Å². The van der Waals surface area contributed by atoms with Crippen molar-refractivity contribution in [3.8, 4) is 5.75 Å². The molecule has 112 valence electrons. The minimum Gasteiger partial charge on any atom is -0.490 e. The molecule has 0 saturated heterocycles. The van der Waals surface area contributed by atoms with Crippen molar-refractivity contribution in [2.45, 2.75) is 26.8 Å². The quantitative estimate of drug-likeness (QED) is 0.482. The molecule has 8 heteroatoms. The topological polar surface area (TPSA) is 105 Å². The Morgan fingerprint density at radius 3 is 2.70 bits per heavy atom. The number of carbonyl (C=O) groups is 1. The van der Waals surface area contributed by atoms with Crippen molar-refractivity contribution in [3.63, 3.8) is 0 Å². The van der Waals surface area contributed by atoms with Gasteiger partial charge < -0.3 is 20.4 Å². The molecular formula is C12H22N6O2. The number of likely N-dealkylation sites (N-methyl/N-ethyl adjacent to an activating group) is 1. The average molecular weight is 282 g/mol. The van der Waals surface area contributed by atoms with Crippen LogP contribution < -0.4 is 26.2 Å². The fraction of sp³-hybridized carbons (Fsp3) is 0.583. The van der Waals surface area contributed by atoms with Gasteiger partial charge in [-0.05, 0) is 20.8 Å². The van der Waals surface area contributed by atoms with E-state index in [4.69, 9.17) is 10.6 Å². The van der Waals surface area contributed by atoms with Gasteiger partial charge in [0.2, 0.25) is 11.7 Å². The monoisotopic (exact) mass is 282 g/mol. The van der Waals surface area contributed by atoms with Gasteiger partial charge in [-0.15, -0.1) is 0 Å². The molecule has 0 aliphatic carbocycles. The first-order chi connectivity index (χ1) is 9.53. The zero-order chi connectivity index (χ0) is 15.1. The van der Waals surface area contributed by atoms with Crippen LogP contribution in [0.15, 0.2) is 6.33 Å². The summed E-state index contributed by atoms with van der Waals surface area (Å²) < 4.78 is 5.27. The van der Waals surface area contributed by atoms with E-state index in [0.29, 0.717) is 23.9 Å². The molecule has 1 amide bonds. The predicted molar refractivity (Wildman–Crippen MR) is 77.6 cm³/mol. The number of methoxy groups -OCH3 is 1. The van der Waals surface area contributed by atoms with Gasteiger partial charge >= 0.3 is 0 Å². The Bertz CT molecular complexity index is 452. The normalized spacial score (nSPS) is 10.3. The zero-order valence-electron chi connectivity index (χ0n) is 12.3. The first-order valence-electron chi connectivity index (χ1n) is 6.43. The lowest BCUT2D eigenvalue weighted by Gasteiger charge is -2.24. The highest BCUT2D eigenvalue weighted by Gasteiger charge is 2.19. The molecule has 0 aliphatic rings. The predicted octanol–water partition coefficient (Wildman–Crippen LogP) is 0.122. The Hall–Kier alpha value is -2.09. The second kappa shape index (κ2) is 7.49. The minimum atomic E-state index is -0.0789. The van der Waals surface area contributed by atoms with Gasteiger partial charge in [0.1, 0.15) is 6.33 Å². The summed E-state index contributed by atoms with van der Waals surface area (Å²) in [6.45, 7) is 6.54. The number of aromatic nitrogens is 2. The van der Waals surface area contributed by atoms with Gasteiger partial charge in [0.05, 0.1) is 13.7 Å². The van der Waals surface area contributed by atoms with E-state index in [9.17, 15) is 4.79 Å². The van der Waals surface area contributed by atoms with Crippen LogP contribution in [0.4, 0.5) is 11.6 Å². The number of hydrogen-bond donors (Lipinski definition) is 3. The SMILES string of the molecule is CCN(CC(=O)NC(C)C)c1ncnc(NN)c1OC. The summed E-state index contributed by atoms with van der Waals surface area (Å²) in [4.78, 5) is 21.8. The third-order valence-corrected chi connectivity index (χ3v) is 2.59. The molecule has 8 nitrogen and oxygen atoms in total. The fourth-order valence-corrected chi connectivity index (χ4v) is 1.76. The molecule has 1 aromatic heterocycles. The number of carbonyl (C=O) groups excluding carboxylic acids is 1. The summed E-state index contributed by atoms with van der Waals surface area (Å²) in [5.74, 6) is 6.62. The molecule has 1 heterocycles. The second-order valence-corrected chi connectivity index (χ2v) is 4.46. The maximum atomic E-state index is 11.9. The Labute approximate surface area is 118 Å². The lowest BCUT2D eigenvalue weighted by molar-refractivity contribution is -0.120. The van der Waals surface area contributed by atoms with Crippen molar-refractivity contribution in [2.75, 3.05) is 30.5 Å². The number of hydrogen-bond acceptors (Lipinski definition) is 7. The third-order valence-electron chi connectivity index (χ3n) is 2.59. The molecule has 0 unspecified atom stereocenters. The summed E-state index contributed by atoms with van der Waals surface area (Å²) in [7, 11) is 1.51. The largest absolute Gasteiger partial charge is 0.490 e. The van der Waals surface area contributed by atoms with E-state index in [1.807, 2.05) is 20.8 Å². The van der Waals surface area contributed by atoms with Gasteiger partial charge in [-0.1, -0.05) is 0 Å². The number of nitrogens with one attached hydrogen (secondary N) is 2. The highest BCUT2D eigenvalue weighted by Crippen LogP contribution is 2.30. The number of ether oxygens (including phenoxy) is 1. The zero-order valence-corrected chi connectivity index (χ0v) is 12.3. The standard InChI is InChI=1S/C12H22N6O2/c1-5-18(6-9(19)16-8(2)3)12-10(20-4)11(17-13)14-7-15-12/h7-8H,5-6,13H2,1-4H3,(H,16,19)(H,14,15,17). The smallest absolute Gasteiger partial charge is 0.239 e. The molecule has 0 radical (unpaired) electrons. The first kappa shape index (κ1) is 16.0. The van der Waals surface area contributed by atoms with E-state index in [2.05, 4.69) is 20.7 Å². The molecule has 0 saturated carbocycles. The molecule has 1 rings (SSSR count). The van der Waals surface area contributed by atoms with Crippen molar-refractivity contribution >= 4 is 17.5 Å². The maximum absolute atomic E-state index is 11.9. The van der Waals surface area contributed by atoms with Crippen LogP contribution in [-0.2, 0) is 4.79 Å². The van der Waals surface area contributed by atoms with Gasteiger partial charge in [0.15, 0.2) is 11.6 Å². The van der Waals surface area contributed by atoms with Crippen molar-refractivity contribution < 1.29 is 9.53 Å². The van der Waals surface area contributed by atoms with E-state index in [-0.39, 0.29) is 18.5 Å². The van der Waals surface area contributed by atoms with Crippen LogP contribution in [0.5, 0.6) is 5.75 Å². The van der Waals surface area contributed by atoms with Gasteiger partial charge in [-0.3, -0.25) is 4.79 Å². The average Bonchev–Trinajstić information content (AvgIpc) is 2.42. The minimum absolute atomic E-state index is 0.0789. The Morgan fingerprint density at radius 2 is 2.20 bits per heavy atom. The Kier molecular flexibility index (Phi) is 5.98. The number of nitrogens with two attached hydrogens (primary N) is 1. The lowest BCUT2D eigenvalue weighted by atomic mass is 10.3. The summed E-state index contributed by atoms with van der Waals surface area (Å²) in [6.07, 6.45) is 1.37.